The molecule has 0 spiro atoms. The molecule has 1 aromatic carbocycles. The first-order valence-corrected chi connectivity index (χ1v) is 7.64. The van der Waals surface area contributed by atoms with Crippen LogP contribution in [0.15, 0.2) is 30.7 Å². The second kappa shape index (κ2) is 5.76. The molecule has 1 N–H and O–H groups in total. The van der Waals surface area contributed by atoms with E-state index in [2.05, 4.69) is 17.2 Å². The van der Waals surface area contributed by atoms with Crippen LogP contribution in [0.25, 0.3) is 5.69 Å². The second-order valence-electron chi connectivity index (χ2n) is 5.34. The number of aromatic nitrogens is 2. The van der Waals surface area contributed by atoms with Gasteiger partial charge in [-0.1, -0.05) is 23.2 Å². The predicted molar refractivity (Wildman–Crippen MR) is 82.8 cm³/mol. The molecule has 106 valence electrons. The largest absolute Gasteiger partial charge is 0.306 e. The molecule has 20 heavy (non-hydrogen) atoms. The third-order valence-electron chi connectivity index (χ3n) is 3.81. The molecule has 3 rings (SSSR count). The number of hydrogen-bond acceptors (Lipinski definition) is 2. The maximum absolute atomic E-state index is 6.30. The maximum atomic E-state index is 6.30. The summed E-state index contributed by atoms with van der Waals surface area (Å²) >= 11 is 12.4. The second-order valence-corrected chi connectivity index (χ2v) is 6.18. The zero-order valence-electron chi connectivity index (χ0n) is 11.3. The minimum absolute atomic E-state index is 0.316. The molecule has 2 atom stereocenters. The zero-order valence-corrected chi connectivity index (χ0v) is 12.8. The molecule has 1 fully saturated rings. The van der Waals surface area contributed by atoms with Gasteiger partial charge in [0.25, 0.3) is 0 Å². The zero-order chi connectivity index (χ0) is 14.1. The third kappa shape index (κ3) is 2.71. The number of nitrogens with one attached hydrogen (secondary N) is 1. The summed E-state index contributed by atoms with van der Waals surface area (Å²) in [6, 6.07) is 6.34. The van der Waals surface area contributed by atoms with E-state index < -0.39 is 0 Å². The van der Waals surface area contributed by atoms with Gasteiger partial charge in [0.05, 0.1) is 28.9 Å². The molecule has 0 aliphatic carbocycles. The first-order valence-electron chi connectivity index (χ1n) is 6.89. The van der Waals surface area contributed by atoms with Crippen LogP contribution in [-0.4, -0.2) is 15.6 Å². The number of hydrogen-bond donors (Lipinski definition) is 1. The van der Waals surface area contributed by atoms with E-state index in [0.29, 0.717) is 22.1 Å². The van der Waals surface area contributed by atoms with Crippen LogP contribution in [-0.2, 0) is 0 Å². The van der Waals surface area contributed by atoms with Gasteiger partial charge in [-0.2, -0.15) is 0 Å². The Kier molecular flexibility index (Phi) is 4.01. The topological polar surface area (TPSA) is 29.9 Å². The molecule has 0 radical (unpaired) electrons. The number of piperidine rings is 1. The van der Waals surface area contributed by atoms with Crippen molar-refractivity contribution in [1.82, 2.24) is 14.9 Å². The summed E-state index contributed by atoms with van der Waals surface area (Å²) in [6.07, 6.45) is 7.28. The molecule has 1 aromatic heterocycles. The van der Waals surface area contributed by atoms with Crippen molar-refractivity contribution in [1.29, 1.82) is 0 Å². The van der Waals surface area contributed by atoms with Crippen molar-refractivity contribution in [2.24, 2.45) is 0 Å². The van der Waals surface area contributed by atoms with Crippen molar-refractivity contribution in [3.63, 3.8) is 0 Å². The van der Waals surface area contributed by atoms with Crippen LogP contribution in [0.4, 0.5) is 0 Å². The van der Waals surface area contributed by atoms with Crippen LogP contribution in [0.5, 0.6) is 0 Å². The quantitative estimate of drug-likeness (QED) is 0.892. The summed E-state index contributed by atoms with van der Waals surface area (Å²) in [5.41, 5.74) is 2.02. The van der Waals surface area contributed by atoms with Crippen molar-refractivity contribution in [2.45, 2.75) is 38.3 Å². The molecule has 3 nitrogen and oxygen atoms in total. The minimum Gasteiger partial charge on any atom is -0.306 e. The molecule has 0 saturated carbocycles. The lowest BCUT2D eigenvalue weighted by Gasteiger charge is -2.29. The first kappa shape index (κ1) is 13.9. The Labute approximate surface area is 128 Å². The van der Waals surface area contributed by atoms with Gasteiger partial charge >= 0.3 is 0 Å². The summed E-state index contributed by atoms with van der Waals surface area (Å²) in [7, 11) is 0. The average molecular weight is 310 g/mol. The Bertz CT molecular complexity index is 609. The highest BCUT2D eigenvalue weighted by Crippen LogP contribution is 2.30. The first-order chi connectivity index (χ1) is 9.65. The molecule has 1 aliphatic rings. The molecule has 2 aromatic rings. The Hall–Kier alpha value is -1.03. The summed E-state index contributed by atoms with van der Waals surface area (Å²) in [6.45, 7) is 2.22. The Morgan fingerprint density at radius 3 is 2.95 bits per heavy atom. The van der Waals surface area contributed by atoms with E-state index in [1.54, 1.807) is 12.4 Å². The number of rotatable bonds is 2. The number of halogens is 2. The lowest BCUT2D eigenvalue weighted by atomic mass is 9.97. The van der Waals surface area contributed by atoms with E-state index in [1.807, 2.05) is 22.9 Å². The van der Waals surface area contributed by atoms with Crippen LogP contribution in [0.3, 0.4) is 0 Å². The van der Waals surface area contributed by atoms with Gasteiger partial charge in [0.2, 0.25) is 0 Å². The molecule has 1 aliphatic heterocycles. The van der Waals surface area contributed by atoms with Gasteiger partial charge in [-0.15, -0.1) is 0 Å². The van der Waals surface area contributed by atoms with Crippen molar-refractivity contribution in [3.8, 4) is 5.69 Å². The SMILES string of the molecule is CC1CCCC(c2cncn2-c2cc(Cl)ccc2Cl)N1. The predicted octanol–water partition coefficient (Wildman–Crippen LogP) is 4.38. The molecular weight excluding hydrogens is 293 g/mol. The average Bonchev–Trinajstić information content (AvgIpc) is 2.90. The molecule has 0 bridgehead atoms. The Balaban J connectivity index is 1.99. The van der Waals surface area contributed by atoms with Crippen molar-refractivity contribution in [3.05, 3.63) is 46.5 Å². The molecule has 2 heterocycles. The Morgan fingerprint density at radius 1 is 1.30 bits per heavy atom. The lowest BCUT2D eigenvalue weighted by molar-refractivity contribution is 0.334. The van der Waals surface area contributed by atoms with Gasteiger partial charge in [0.1, 0.15) is 0 Å². The van der Waals surface area contributed by atoms with E-state index in [9.17, 15) is 0 Å². The molecule has 5 heteroatoms. The van der Waals surface area contributed by atoms with Gasteiger partial charge in [0.15, 0.2) is 0 Å². The molecule has 0 amide bonds. The summed E-state index contributed by atoms with van der Waals surface area (Å²) in [5, 5.41) is 4.98. The highest BCUT2D eigenvalue weighted by Gasteiger charge is 2.23. The van der Waals surface area contributed by atoms with E-state index >= 15 is 0 Å². The van der Waals surface area contributed by atoms with Crippen LogP contribution < -0.4 is 5.32 Å². The van der Waals surface area contributed by atoms with Crippen LogP contribution in [0.2, 0.25) is 10.0 Å². The lowest BCUT2D eigenvalue weighted by Crippen LogP contribution is -2.35. The highest BCUT2D eigenvalue weighted by atomic mass is 35.5. The van der Waals surface area contributed by atoms with Gasteiger partial charge in [0, 0.05) is 17.1 Å². The van der Waals surface area contributed by atoms with Gasteiger partial charge in [-0.3, -0.25) is 0 Å². The van der Waals surface area contributed by atoms with E-state index in [0.717, 1.165) is 17.8 Å². The van der Waals surface area contributed by atoms with Gasteiger partial charge < -0.3 is 9.88 Å². The Morgan fingerprint density at radius 2 is 2.15 bits per heavy atom. The van der Waals surface area contributed by atoms with Crippen LogP contribution in [0, 0.1) is 0 Å². The van der Waals surface area contributed by atoms with Crippen molar-refractivity contribution >= 4 is 23.2 Å². The fraction of sp³-hybridized carbons (Fsp3) is 0.400. The smallest absolute Gasteiger partial charge is 0.0995 e. The number of nitrogens with zero attached hydrogens (tertiary/aromatic N) is 2. The van der Waals surface area contributed by atoms with E-state index in [-0.39, 0.29) is 0 Å². The van der Waals surface area contributed by atoms with E-state index in [4.69, 9.17) is 23.2 Å². The molecule has 1 saturated heterocycles. The van der Waals surface area contributed by atoms with Crippen LogP contribution in [0.1, 0.15) is 37.9 Å². The summed E-state index contributed by atoms with van der Waals surface area (Å²) in [5.74, 6) is 0. The van der Waals surface area contributed by atoms with E-state index in [1.165, 1.54) is 12.8 Å². The normalized spacial score (nSPS) is 22.9. The van der Waals surface area contributed by atoms with Gasteiger partial charge in [-0.05, 0) is 44.4 Å². The fourth-order valence-electron chi connectivity index (χ4n) is 2.81. The molecule has 2 unspecified atom stereocenters. The third-order valence-corrected chi connectivity index (χ3v) is 4.36. The maximum Gasteiger partial charge on any atom is 0.0995 e. The van der Waals surface area contributed by atoms with Crippen LogP contribution >= 0.6 is 23.2 Å². The fourth-order valence-corrected chi connectivity index (χ4v) is 3.18. The highest BCUT2D eigenvalue weighted by molar-refractivity contribution is 6.34. The number of benzene rings is 1. The summed E-state index contributed by atoms with van der Waals surface area (Å²) < 4.78 is 2.03. The monoisotopic (exact) mass is 309 g/mol. The minimum atomic E-state index is 0.316. The van der Waals surface area contributed by atoms with Crippen molar-refractivity contribution in [2.75, 3.05) is 0 Å². The number of imidazole rings is 1. The summed E-state index contributed by atoms with van der Waals surface area (Å²) in [4.78, 5) is 4.29. The van der Waals surface area contributed by atoms with Crippen molar-refractivity contribution < 1.29 is 0 Å². The van der Waals surface area contributed by atoms with Gasteiger partial charge in [-0.25, -0.2) is 4.98 Å². The standard InChI is InChI=1S/C15H17Cl2N3/c1-10-3-2-4-13(19-10)15-8-18-9-20(15)14-7-11(16)5-6-12(14)17/h5-10,13,19H,2-4H2,1H3. The molecular formula is C15H17Cl2N3.